The number of anilines is 1. The molecule has 11 nitrogen and oxygen atoms in total. The molecule has 0 bridgehead atoms. The molecule has 0 saturated heterocycles. The Hall–Kier alpha value is -3.94. The zero-order valence-electron chi connectivity index (χ0n) is 20.7. The summed E-state index contributed by atoms with van der Waals surface area (Å²) in [6, 6.07) is 19.9. The molecule has 3 aromatic rings. The zero-order valence-corrected chi connectivity index (χ0v) is 23.0. The largest absolute Gasteiger partial charge is 0.478 e. The van der Waals surface area contributed by atoms with Gasteiger partial charge in [0.15, 0.2) is 0 Å². The number of aliphatic carboxylic acids is 1. The minimum absolute atomic E-state index is 0.0441. The average Bonchev–Trinajstić information content (AvgIpc) is 2.91. The first-order valence-electron chi connectivity index (χ1n) is 11.2. The molecule has 214 valence electrons. The molecule has 0 saturated carbocycles. The second-order valence-electron chi connectivity index (χ2n) is 7.50. The van der Waals surface area contributed by atoms with E-state index in [1.54, 1.807) is 30.3 Å². The van der Waals surface area contributed by atoms with E-state index >= 15 is 0 Å². The number of carbonyl (C=O) groups excluding carboxylic acids is 1. The maximum absolute atomic E-state index is 12.0. The van der Waals surface area contributed by atoms with E-state index in [1.165, 1.54) is 18.2 Å². The summed E-state index contributed by atoms with van der Waals surface area (Å²) in [5.41, 5.74) is 6.32. The van der Waals surface area contributed by atoms with Gasteiger partial charge in [-0.2, -0.15) is 8.42 Å². The van der Waals surface area contributed by atoms with Crippen LogP contribution in [0.25, 0.3) is 6.08 Å². The van der Waals surface area contributed by atoms with Crippen molar-refractivity contribution in [3.8, 4) is 0 Å². The number of hydrogen-bond acceptors (Lipinski definition) is 7. The lowest BCUT2D eigenvalue weighted by Gasteiger charge is -2.11. The minimum Gasteiger partial charge on any atom is -0.478 e. The summed E-state index contributed by atoms with van der Waals surface area (Å²) in [4.78, 5) is 33.2. The van der Waals surface area contributed by atoms with Gasteiger partial charge in [0.1, 0.15) is 0 Å². The van der Waals surface area contributed by atoms with E-state index in [4.69, 9.17) is 43.1 Å². The highest BCUT2D eigenvalue weighted by atomic mass is 35.5. The van der Waals surface area contributed by atoms with Gasteiger partial charge in [0.05, 0.1) is 27.6 Å². The first kappa shape index (κ1) is 34.1. The molecule has 0 spiro atoms. The molecule has 3 rings (SSSR count). The number of carbonyl (C=O) groups is 3. The lowest BCUT2D eigenvalue weighted by molar-refractivity contribution is -0.131. The molecule has 0 aliphatic carbocycles. The van der Waals surface area contributed by atoms with E-state index in [1.807, 2.05) is 30.3 Å². The van der Waals surface area contributed by atoms with Gasteiger partial charge < -0.3 is 15.3 Å². The SMILES string of the molecule is O=C(O)C=Cc1ccccc1.O=C(O)c1ccccc1C(=O)NNc1ccc(Cl)cc1Cl.O=S(=O)(O)CCCO. The van der Waals surface area contributed by atoms with Crippen molar-refractivity contribution in [2.75, 3.05) is 17.8 Å². The maximum Gasteiger partial charge on any atom is 0.336 e. The van der Waals surface area contributed by atoms with Crippen LogP contribution in [0, 0.1) is 0 Å². The van der Waals surface area contributed by atoms with Crippen LogP contribution in [-0.2, 0) is 14.9 Å². The van der Waals surface area contributed by atoms with E-state index in [9.17, 15) is 22.8 Å². The highest BCUT2D eigenvalue weighted by Gasteiger charge is 2.15. The van der Waals surface area contributed by atoms with Gasteiger partial charge in [-0.1, -0.05) is 65.7 Å². The number of carboxylic acid groups (broad SMARTS) is 2. The van der Waals surface area contributed by atoms with Gasteiger partial charge in [0.2, 0.25) is 0 Å². The van der Waals surface area contributed by atoms with E-state index in [0.29, 0.717) is 15.7 Å². The molecule has 0 aromatic heterocycles. The van der Waals surface area contributed by atoms with Gasteiger partial charge in [-0.15, -0.1) is 0 Å². The Kier molecular flexibility index (Phi) is 15.0. The van der Waals surface area contributed by atoms with Crippen molar-refractivity contribution in [1.82, 2.24) is 5.43 Å². The first-order valence-corrected chi connectivity index (χ1v) is 13.6. The van der Waals surface area contributed by atoms with Gasteiger partial charge >= 0.3 is 11.9 Å². The molecule has 0 atom stereocenters. The number of carboxylic acids is 2. The summed E-state index contributed by atoms with van der Waals surface area (Å²) in [6.45, 7) is -0.209. The van der Waals surface area contributed by atoms with Crippen molar-refractivity contribution in [3.63, 3.8) is 0 Å². The van der Waals surface area contributed by atoms with Gasteiger partial charge in [0.25, 0.3) is 16.0 Å². The van der Waals surface area contributed by atoms with Gasteiger partial charge in [-0.05, 0) is 48.4 Å². The first-order chi connectivity index (χ1) is 18.8. The van der Waals surface area contributed by atoms with Gasteiger partial charge in [-0.25, -0.2) is 9.59 Å². The number of amides is 1. The average molecular weight is 613 g/mol. The predicted molar refractivity (Wildman–Crippen MR) is 152 cm³/mol. The highest BCUT2D eigenvalue weighted by molar-refractivity contribution is 7.85. The molecule has 1 amide bonds. The van der Waals surface area contributed by atoms with Crippen molar-refractivity contribution >= 4 is 62.9 Å². The number of aliphatic hydroxyl groups is 1. The molecule has 3 aromatic carbocycles. The molecule has 14 heteroatoms. The number of rotatable bonds is 9. The van der Waals surface area contributed by atoms with Crippen molar-refractivity contribution in [1.29, 1.82) is 0 Å². The van der Waals surface area contributed by atoms with Gasteiger partial charge in [0, 0.05) is 17.7 Å². The van der Waals surface area contributed by atoms with Crippen molar-refractivity contribution in [2.45, 2.75) is 6.42 Å². The Morgan fingerprint density at radius 3 is 1.98 bits per heavy atom. The van der Waals surface area contributed by atoms with E-state index in [-0.39, 0.29) is 29.9 Å². The number of aromatic carboxylic acids is 1. The summed E-state index contributed by atoms with van der Waals surface area (Å²) in [6.07, 6.45) is 2.77. The van der Waals surface area contributed by atoms with Crippen LogP contribution in [0.15, 0.2) is 78.9 Å². The Balaban J connectivity index is 0.000000351. The second-order valence-corrected chi connectivity index (χ2v) is 9.92. The van der Waals surface area contributed by atoms with Crippen LogP contribution in [0.4, 0.5) is 5.69 Å². The lowest BCUT2D eigenvalue weighted by atomic mass is 10.1. The molecular formula is C26H26Cl2N2O9S. The Bertz CT molecular complexity index is 1420. The third kappa shape index (κ3) is 14.3. The lowest BCUT2D eigenvalue weighted by Crippen LogP contribution is -2.30. The van der Waals surface area contributed by atoms with Crippen molar-refractivity contribution < 1.29 is 42.7 Å². The quantitative estimate of drug-likeness (QED) is 0.114. The van der Waals surface area contributed by atoms with Crippen LogP contribution in [0.3, 0.4) is 0 Å². The molecule has 40 heavy (non-hydrogen) atoms. The Morgan fingerprint density at radius 2 is 1.48 bits per heavy atom. The predicted octanol–water partition coefficient (Wildman–Crippen LogP) is 4.49. The number of aliphatic hydroxyl groups excluding tert-OH is 1. The van der Waals surface area contributed by atoms with Crippen molar-refractivity contribution in [3.05, 3.63) is 106 Å². The summed E-state index contributed by atoms with van der Waals surface area (Å²) < 4.78 is 27.7. The number of nitrogens with one attached hydrogen (secondary N) is 2. The Morgan fingerprint density at radius 1 is 0.875 bits per heavy atom. The third-order valence-electron chi connectivity index (χ3n) is 4.42. The molecular weight excluding hydrogens is 587 g/mol. The summed E-state index contributed by atoms with van der Waals surface area (Å²) in [7, 11) is -3.85. The molecule has 0 aliphatic heterocycles. The topological polar surface area (TPSA) is 190 Å². The van der Waals surface area contributed by atoms with Crippen LogP contribution < -0.4 is 10.9 Å². The highest BCUT2D eigenvalue weighted by Crippen LogP contribution is 2.24. The van der Waals surface area contributed by atoms with Crippen LogP contribution in [0.1, 0.15) is 32.7 Å². The van der Waals surface area contributed by atoms with Crippen LogP contribution in [-0.4, -0.2) is 58.5 Å². The molecule has 0 unspecified atom stereocenters. The maximum atomic E-state index is 12.0. The minimum atomic E-state index is -3.85. The van der Waals surface area contributed by atoms with Crippen LogP contribution >= 0.6 is 23.2 Å². The fourth-order valence-electron chi connectivity index (χ4n) is 2.63. The Labute approximate surface area is 240 Å². The zero-order chi connectivity index (χ0) is 30.1. The molecule has 0 heterocycles. The summed E-state index contributed by atoms with van der Waals surface area (Å²) in [5, 5.41) is 26.2. The number of hydrazine groups is 1. The number of hydrogen-bond donors (Lipinski definition) is 6. The summed E-state index contributed by atoms with van der Waals surface area (Å²) >= 11 is 11.7. The summed E-state index contributed by atoms with van der Waals surface area (Å²) in [5.74, 6) is -3.04. The fraction of sp³-hybridized carbons (Fsp3) is 0.115. The van der Waals surface area contributed by atoms with Crippen LogP contribution in [0.2, 0.25) is 10.0 Å². The molecule has 0 aliphatic rings. The fourth-order valence-corrected chi connectivity index (χ4v) is 3.58. The normalized spacial score (nSPS) is 10.4. The second kappa shape index (κ2) is 17.6. The van der Waals surface area contributed by atoms with E-state index in [2.05, 4.69) is 10.9 Å². The van der Waals surface area contributed by atoms with Crippen molar-refractivity contribution in [2.24, 2.45) is 0 Å². The molecule has 6 N–H and O–H groups in total. The van der Waals surface area contributed by atoms with Gasteiger partial charge in [-0.3, -0.25) is 20.2 Å². The monoisotopic (exact) mass is 612 g/mol. The smallest absolute Gasteiger partial charge is 0.336 e. The number of halogens is 2. The van der Waals surface area contributed by atoms with Crippen LogP contribution in [0.5, 0.6) is 0 Å². The third-order valence-corrected chi connectivity index (χ3v) is 5.77. The standard InChI is InChI=1S/C14H10Cl2N2O3.C9H8O2.C3H8O4S/c15-8-5-6-12(11(16)7-8)17-18-13(19)9-3-1-2-4-10(9)14(20)21;10-9(11)7-6-8-4-2-1-3-5-8;4-2-1-3-8(5,6)7/h1-7,17H,(H,18,19)(H,20,21);1-7H,(H,10,11);4H,1-3H2,(H,5,6,7). The molecule has 0 radical (unpaired) electrons. The molecule has 0 fully saturated rings. The number of benzene rings is 3. The van der Waals surface area contributed by atoms with E-state index in [0.717, 1.165) is 11.6 Å². The van der Waals surface area contributed by atoms with E-state index < -0.39 is 28.0 Å².